The van der Waals surface area contributed by atoms with E-state index in [1.165, 1.54) is 44.0 Å². The van der Waals surface area contributed by atoms with E-state index in [0.29, 0.717) is 28.0 Å². The second-order valence-electron chi connectivity index (χ2n) is 4.59. The molecular formula is C15H18N4O4S. The van der Waals surface area contributed by atoms with Crippen molar-refractivity contribution >= 4 is 18.0 Å². The molecule has 0 aliphatic heterocycles. The van der Waals surface area contributed by atoms with Gasteiger partial charge in [0.2, 0.25) is 10.9 Å². The third-order valence-corrected chi connectivity index (χ3v) is 3.78. The molecule has 0 fully saturated rings. The van der Waals surface area contributed by atoms with E-state index >= 15 is 0 Å². The third-order valence-electron chi connectivity index (χ3n) is 3.16. The van der Waals surface area contributed by atoms with Gasteiger partial charge >= 0.3 is 0 Å². The molecule has 0 aliphatic carbocycles. The molecule has 1 aromatic heterocycles. The number of aryl methyl sites for hydroxylation is 1. The van der Waals surface area contributed by atoms with Crippen LogP contribution in [0.2, 0.25) is 0 Å². The number of aromatic nitrogens is 3. The molecule has 1 heterocycles. The first kappa shape index (κ1) is 17.8. The van der Waals surface area contributed by atoms with Crippen molar-refractivity contribution in [3.8, 4) is 17.2 Å². The fraction of sp³-hybridized carbons (Fsp3) is 0.333. The normalized spacial score (nSPS) is 10.9. The number of rotatable bonds is 6. The maximum Gasteiger partial charge on any atom is 0.296 e. The lowest BCUT2D eigenvalue weighted by Crippen LogP contribution is -2.23. The molecule has 9 heteroatoms. The molecule has 0 saturated carbocycles. The maximum absolute atomic E-state index is 12.2. The van der Waals surface area contributed by atoms with E-state index in [4.69, 9.17) is 14.2 Å². The molecule has 0 atom stereocenters. The molecule has 1 aromatic carbocycles. The lowest BCUT2D eigenvalue weighted by molar-refractivity contribution is 0.324. The topological polar surface area (TPSA) is 87.8 Å². The third kappa shape index (κ3) is 3.51. The number of hydrogen-bond acceptors (Lipinski definition) is 8. The lowest BCUT2D eigenvalue weighted by atomic mass is 10.2. The van der Waals surface area contributed by atoms with Crippen LogP contribution in [0.3, 0.4) is 0 Å². The zero-order valence-corrected chi connectivity index (χ0v) is 14.9. The molecule has 0 bridgehead atoms. The Morgan fingerprint density at radius 1 is 1.12 bits per heavy atom. The van der Waals surface area contributed by atoms with Gasteiger partial charge in [-0.05, 0) is 25.3 Å². The summed E-state index contributed by atoms with van der Waals surface area (Å²) >= 11 is 1.28. The summed E-state index contributed by atoms with van der Waals surface area (Å²) in [6, 6.07) is 3.46. The van der Waals surface area contributed by atoms with Gasteiger partial charge in [0, 0.05) is 5.56 Å². The van der Waals surface area contributed by atoms with Crippen molar-refractivity contribution in [3.05, 3.63) is 33.7 Å². The molecule has 2 aromatic rings. The fourth-order valence-electron chi connectivity index (χ4n) is 1.97. The summed E-state index contributed by atoms with van der Waals surface area (Å²) in [5.74, 6) is 1.49. The van der Waals surface area contributed by atoms with Crippen molar-refractivity contribution in [2.45, 2.75) is 12.1 Å². The highest BCUT2D eigenvalue weighted by molar-refractivity contribution is 7.98. The largest absolute Gasteiger partial charge is 0.493 e. The van der Waals surface area contributed by atoms with E-state index in [1.54, 1.807) is 25.3 Å². The average molecular weight is 350 g/mol. The Hall–Kier alpha value is -2.55. The van der Waals surface area contributed by atoms with Crippen molar-refractivity contribution in [1.29, 1.82) is 0 Å². The van der Waals surface area contributed by atoms with Crippen LogP contribution in [0.5, 0.6) is 17.2 Å². The lowest BCUT2D eigenvalue weighted by Gasteiger charge is -2.12. The van der Waals surface area contributed by atoms with Crippen molar-refractivity contribution in [2.75, 3.05) is 27.6 Å². The smallest absolute Gasteiger partial charge is 0.296 e. The van der Waals surface area contributed by atoms with Gasteiger partial charge in [0.15, 0.2) is 11.5 Å². The number of benzene rings is 1. The van der Waals surface area contributed by atoms with Crippen LogP contribution in [-0.2, 0) is 0 Å². The molecule has 0 aliphatic rings. The van der Waals surface area contributed by atoms with E-state index in [9.17, 15) is 4.79 Å². The summed E-state index contributed by atoms with van der Waals surface area (Å²) < 4.78 is 17.1. The van der Waals surface area contributed by atoms with Crippen molar-refractivity contribution in [1.82, 2.24) is 14.9 Å². The van der Waals surface area contributed by atoms with Gasteiger partial charge in [-0.25, -0.2) is 0 Å². The summed E-state index contributed by atoms with van der Waals surface area (Å²) in [4.78, 5) is 12.2. The highest BCUT2D eigenvalue weighted by Crippen LogP contribution is 2.37. The predicted octanol–water partition coefficient (Wildman–Crippen LogP) is 1.58. The molecule has 0 radical (unpaired) electrons. The van der Waals surface area contributed by atoms with Crippen LogP contribution in [0.15, 0.2) is 27.2 Å². The number of hydrogen-bond donors (Lipinski definition) is 0. The standard InChI is InChI=1S/C15H18N4O4S/c1-9-14(20)19(15(24-5)18-17-9)16-8-10-6-11(21-2)13(23-4)12(7-10)22-3/h6-8H,1-5H3. The molecule has 128 valence electrons. The molecule has 0 spiro atoms. The Kier molecular flexibility index (Phi) is 5.80. The quantitative estimate of drug-likeness (QED) is 0.577. The van der Waals surface area contributed by atoms with Gasteiger partial charge in [-0.2, -0.15) is 9.78 Å². The highest BCUT2D eigenvalue weighted by Gasteiger charge is 2.13. The van der Waals surface area contributed by atoms with Gasteiger partial charge < -0.3 is 14.2 Å². The maximum atomic E-state index is 12.2. The first-order valence-electron chi connectivity index (χ1n) is 6.90. The van der Waals surface area contributed by atoms with Gasteiger partial charge in [0.25, 0.3) is 5.56 Å². The minimum atomic E-state index is -0.321. The molecule has 0 amide bonds. The summed E-state index contributed by atoms with van der Waals surface area (Å²) in [7, 11) is 4.60. The van der Waals surface area contributed by atoms with E-state index in [1.807, 2.05) is 0 Å². The summed E-state index contributed by atoms with van der Waals surface area (Å²) in [5.41, 5.74) is 0.630. The monoisotopic (exact) mass is 350 g/mol. The van der Waals surface area contributed by atoms with Crippen LogP contribution in [0.4, 0.5) is 0 Å². The molecular weight excluding hydrogens is 332 g/mol. The van der Waals surface area contributed by atoms with E-state index in [0.717, 1.165) is 0 Å². The first-order valence-corrected chi connectivity index (χ1v) is 8.12. The summed E-state index contributed by atoms with van der Waals surface area (Å²) in [5, 5.41) is 12.4. The van der Waals surface area contributed by atoms with Crippen LogP contribution in [0, 0.1) is 6.92 Å². The van der Waals surface area contributed by atoms with Gasteiger partial charge in [0.05, 0.1) is 27.5 Å². The van der Waals surface area contributed by atoms with Crippen LogP contribution in [-0.4, -0.2) is 48.7 Å². The van der Waals surface area contributed by atoms with Gasteiger partial charge in [0.1, 0.15) is 5.69 Å². The summed E-state index contributed by atoms with van der Waals surface area (Å²) in [6.07, 6.45) is 3.32. The van der Waals surface area contributed by atoms with E-state index in [-0.39, 0.29) is 11.3 Å². The molecule has 24 heavy (non-hydrogen) atoms. The van der Waals surface area contributed by atoms with Crippen molar-refractivity contribution < 1.29 is 14.2 Å². The van der Waals surface area contributed by atoms with Crippen LogP contribution in [0.1, 0.15) is 11.3 Å². The fourth-order valence-corrected chi connectivity index (χ4v) is 2.40. The van der Waals surface area contributed by atoms with Gasteiger partial charge in [-0.15, -0.1) is 10.2 Å². The summed E-state index contributed by atoms with van der Waals surface area (Å²) in [6.45, 7) is 1.59. The number of nitrogens with zero attached hydrogens (tertiary/aromatic N) is 4. The Balaban J connectivity index is 2.50. The minimum absolute atomic E-state index is 0.273. The van der Waals surface area contributed by atoms with Crippen molar-refractivity contribution in [2.24, 2.45) is 5.10 Å². The predicted molar refractivity (Wildman–Crippen MR) is 91.9 cm³/mol. The minimum Gasteiger partial charge on any atom is -0.493 e. The first-order chi connectivity index (χ1) is 11.5. The average Bonchev–Trinajstić information content (AvgIpc) is 2.61. The molecule has 0 N–H and O–H groups in total. The second-order valence-corrected chi connectivity index (χ2v) is 5.37. The number of methoxy groups -OCH3 is 3. The zero-order valence-electron chi connectivity index (χ0n) is 14.1. The van der Waals surface area contributed by atoms with Gasteiger partial charge in [-0.1, -0.05) is 11.8 Å². The van der Waals surface area contributed by atoms with Crippen LogP contribution >= 0.6 is 11.8 Å². The Labute approximate surface area is 143 Å². The van der Waals surface area contributed by atoms with Crippen molar-refractivity contribution in [3.63, 3.8) is 0 Å². The van der Waals surface area contributed by atoms with Crippen LogP contribution < -0.4 is 19.8 Å². The molecule has 8 nitrogen and oxygen atoms in total. The highest BCUT2D eigenvalue weighted by atomic mass is 32.2. The zero-order chi connectivity index (χ0) is 17.7. The SMILES string of the molecule is COc1cc(C=Nn2c(SC)nnc(C)c2=O)cc(OC)c1OC. The van der Waals surface area contributed by atoms with E-state index < -0.39 is 0 Å². The molecule has 0 unspecified atom stereocenters. The Morgan fingerprint density at radius 3 is 2.25 bits per heavy atom. The van der Waals surface area contributed by atoms with Crippen LogP contribution in [0.25, 0.3) is 0 Å². The Bertz CT molecular complexity index is 795. The molecule has 0 saturated heterocycles. The number of thioether (sulfide) groups is 1. The van der Waals surface area contributed by atoms with E-state index in [2.05, 4.69) is 15.3 Å². The Morgan fingerprint density at radius 2 is 1.75 bits per heavy atom. The second kappa shape index (κ2) is 7.82. The van der Waals surface area contributed by atoms with Gasteiger partial charge in [-0.3, -0.25) is 4.79 Å². The molecule has 2 rings (SSSR count). The number of ether oxygens (including phenoxy) is 3.